The number of methoxy groups -OCH3 is 1. The van der Waals surface area contributed by atoms with E-state index in [1.165, 1.54) is 104 Å². The molecule has 0 aromatic heterocycles. The molecule has 9 nitrogen and oxygen atoms in total. The van der Waals surface area contributed by atoms with E-state index in [2.05, 4.69) is 133 Å². The third-order valence-electron chi connectivity index (χ3n) is 12.9. The quantitative estimate of drug-likeness (QED) is 0.239. The smallest absolute Gasteiger partial charge is 0.0678 e. The normalized spacial score (nSPS) is 26.1. The van der Waals surface area contributed by atoms with Crippen LogP contribution in [0.5, 0.6) is 0 Å². The number of piperidine rings is 2. The standard InChI is InChI=1S/2C9H19NO.C9H19N.C8H17N.C7H15NO.C7H15N/c1-7(2)10-5-8(3)11-9(4)6-10;1-8(2)10-6-4-5-9(10)7-11-3;1-8(2)10-6-4-9(3)5-7-10;1-8(2)9-6-4-3-5-7-9;1-7(2)8-3-5-9-6-4-8;1-7(2)8-5-3-4-6-8/h7-9H,5-6H2,1-4H3;8-9H,4-7H2,1-3H3;8-9H,4-7H2,1-3H3;8H,3-7H2,1-2H3;7H,3-6H2,1-2H3;7H,3-6H2,1-2H3. The molecule has 6 heterocycles. The van der Waals surface area contributed by atoms with Gasteiger partial charge in [0.2, 0.25) is 0 Å². The Bertz CT molecular complexity index is 893. The van der Waals surface area contributed by atoms with E-state index in [0.29, 0.717) is 36.4 Å². The third-order valence-corrected chi connectivity index (χ3v) is 12.9. The van der Waals surface area contributed by atoms with Crippen LogP contribution < -0.4 is 0 Å². The summed E-state index contributed by atoms with van der Waals surface area (Å²) >= 11 is 0. The van der Waals surface area contributed by atoms with E-state index in [0.717, 1.165) is 70.0 Å². The van der Waals surface area contributed by atoms with E-state index in [4.69, 9.17) is 14.2 Å². The minimum Gasteiger partial charge on any atom is -0.383 e. The van der Waals surface area contributed by atoms with Crippen molar-refractivity contribution in [2.24, 2.45) is 5.92 Å². The molecular formula is C49H104N6O3. The Balaban J connectivity index is 0.000000349. The maximum atomic E-state index is 5.62. The molecule has 0 spiro atoms. The lowest BCUT2D eigenvalue weighted by Crippen LogP contribution is -2.48. The molecule has 0 aromatic carbocycles. The summed E-state index contributed by atoms with van der Waals surface area (Å²) in [6, 6.07) is 5.01. The highest BCUT2D eigenvalue weighted by molar-refractivity contribution is 4.81. The Morgan fingerprint density at radius 1 is 0.448 bits per heavy atom. The van der Waals surface area contributed by atoms with Crippen LogP contribution in [0.2, 0.25) is 0 Å². The number of nitrogens with zero attached hydrogens (tertiary/aromatic N) is 6. The van der Waals surface area contributed by atoms with Crippen LogP contribution in [0, 0.1) is 5.92 Å². The summed E-state index contributed by atoms with van der Waals surface area (Å²) in [4.78, 5) is 15.1. The van der Waals surface area contributed by atoms with E-state index in [9.17, 15) is 0 Å². The van der Waals surface area contributed by atoms with Crippen molar-refractivity contribution in [1.82, 2.24) is 29.4 Å². The summed E-state index contributed by atoms with van der Waals surface area (Å²) < 4.78 is 16.0. The molecule has 0 aromatic rings. The summed E-state index contributed by atoms with van der Waals surface area (Å²) in [5.41, 5.74) is 0. The van der Waals surface area contributed by atoms with Gasteiger partial charge in [0.25, 0.3) is 0 Å². The van der Waals surface area contributed by atoms with Crippen LogP contribution >= 0.6 is 0 Å². The van der Waals surface area contributed by atoms with Crippen LogP contribution in [0.4, 0.5) is 0 Å². The predicted molar refractivity (Wildman–Crippen MR) is 253 cm³/mol. The molecule has 0 aliphatic carbocycles. The maximum Gasteiger partial charge on any atom is 0.0678 e. The van der Waals surface area contributed by atoms with Crippen LogP contribution in [0.15, 0.2) is 0 Å². The van der Waals surface area contributed by atoms with Gasteiger partial charge in [0.15, 0.2) is 0 Å². The number of morpholine rings is 2. The predicted octanol–water partition coefficient (Wildman–Crippen LogP) is 9.23. The van der Waals surface area contributed by atoms with Crippen molar-refractivity contribution < 1.29 is 14.2 Å². The monoisotopic (exact) mass is 825 g/mol. The zero-order chi connectivity index (χ0) is 43.6. The van der Waals surface area contributed by atoms with E-state index in [1.807, 2.05) is 0 Å². The van der Waals surface area contributed by atoms with Crippen LogP contribution in [0.25, 0.3) is 0 Å². The Hall–Kier alpha value is -0.360. The topological polar surface area (TPSA) is 47.1 Å². The second-order valence-electron chi connectivity index (χ2n) is 20.0. The molecule has 6 fully saturated rings. The molecule has 6 aliphatic heterocycles. The lowest BCUT2D eigenvalue weighted by Gasteiger charge is -2.37. The van der Waals surface area contributed by atoms with Gasteiger partial charge in [-0.1, -0.05) is 13.3 Å². The van der Waals surface area contributed by atoms with Gasteiger partial charge in [0, 0.05) is 75.6 Å². The fourth-order valence-corrected chi connectivity index (χ4v) is 8.88. The molecule has 0 amide bonds. The zero-order valence-electron chi connectivity index (χ0n) is 41.9. The molecule has 348 valence electrons. The number of hydrogen-bond donors (Lipinski definition) is 0. The van der Waals surface area contributed by atoms with Crippen molar-refractivity contribution >= 4 is 0 Å². The molecule has 0 saturated carbocycles. The van der Waals surface area contributed by atoms with Crippen molar-refractivity contribution in [2.75, 3.05) is 98.9 Å². The summed E-state index contributed by atoms with van der Waals surface area (Å²) in [6.07, 6.45) is 13.4. The maximum absolute atomic E-state index is 5.62. The first-order chi connectivity index (χ1) is 27.5. The minimum atomic E-state index is 0.404. The van der Waals surface area contributed by atoms with Crippen molar-refractivity contribution in [3.63, 3.8) is 0 Å². The highest BCUT2D eigenvalue weighted by Crippen LogP contribution is 2.20. The van der Waals surface area contributed by atoms with Gasteiger partial charge < -0.3 is 28.9 Å². The lowest BCUT2D eigenvalue weighted by molar-refractivity contribution is -0.0764. The van der Waals surface area contributed by atoms with E-state index in [-0.39, 0.29) is 0 Å². The van der Waals surface area contributed by atoms with Gasteiger partial charge in [-0.15, -0.1) is 0 Å². The molecule has 6 saturated heterocycles. The minimum absolute atomic E-state index is 0.404. The Labute approximate surface area is 363 Å². The van der Waals surface area contributed by atoms with Gasteiger partial charge in [-0.25, -0.2) is 0 Å². The number of hydrogen-bond acceptors (Lipinski definition) is 9. The molecule has 0 radical (unpaired) electrons. The highest BCUT2D eigenvalue weighted by atomic mass is 16.5. The SMILES string of the molecule is CC(C)N1CCCC1.CC(C)N1CCCCC1.CC(C)N1CCOCC1.CC1CCN(C(C)C)CC1.CC1CN(C(C)C)CC(C)O1.COCC1CCCN1C(C)C. The molecular weight excluding hydrogens is 721 g/mol. The molecule has 0 bridgehead atoms. The summed E-state index contributed by atoms with van der Waals surface area (Å²) in [5.74, 6) is 0.968. The van der Waals surface area contributed by atoms with Crippen LogP contribution in [-0.4, -0.2) is 183 Å². The Morgan fingerprint density at radius 2 is 0.845 bits per heavy atom. The second-order valence-corrected chi connectivity index (χ2v) is 20.0. The van der Waals surface area contributed by atoms with Crippen molar-refractivity contribution in [2.45, 2.75) is 216 Å². The average Bonchev–Trinajstić information content (AvgIpc) is 3.91. The largest absolute Gasteiger partial charge is 0.383 e. The van der Waals surface area contributed by atoms with E-state index >= 15 is 0 Å². The van der Waals surface area contributed by atoms with Gasteiger partial charge in [0.05, 0.1) is 32.0 Å². The van der Waals surface area contributed by atoms with Crippen molar-refractivity contribution in [3.05, 3.63) is 0 Å². The molecule has 58 heavy (non-hydrogen) atoms. The molecule has 0 N–H and O–H groups in total. The van der Waals surface area contributed by atoms with Gasteiger partial charge >= 0.3 is 0 Å². The fraction of sp³-hybridized carbons (Fsp3) is 1.00. The molecule has 3 unspecified atom stereocenters. The molecule has 3 atom stereocenters. The Kier molecular flexibility index (Phi) is 31.0. The van der Waals surface area contributed by atoms with E-state index < -0.39 is 0 Å². The van der Waals surface area contributed by atoms with Crippen molar-refractivity contribution in [1.29, 1.82) is 0 Å². The number of rotatable bonds is 8. The first kappa shape index (κ1) is 55.7. The molecule has 9 heteroatoms. The number of ether oxygens (including phenoxy) is 3. The van der Waals surface area contributed by atoms with E-state index in [1.54, 1.807) is 7.11 Å². The molecule has 6 aliphatic rings. The third kappa shape index (κ3) is 24.9. The summed E-state index contributed by atoms with van der Waals surface area (Å²) in [5, 5.41) is 0. The van der Waals surface area contributed by atoms with Gasteiger partial charge in [-0.3, -0.25) is 14.7 Å². The van der Waals surface area contributed by atoms with Crippen LogP contribution in [0.1, 0.15) is 162 Å². The average molecular weight is 825 g/mol. The summed E-state index contributed by atoms with van der Waals surface area (Å²) in [7, 11) is 1.79. The van der Waals surface area contributed by atoms with Gasteiger partial charge in [0.1, 0.15) is 0 Å². The van der Waals surface area contributed by atoms with Crippen LogP contribution in [0.3, 0.4) is 0 Å². The molecule has 6 rings (SSSR count). The van der Waals surface area contributed by atoms with Gasteiger partial charge in [-0.05, 0) is 200 Å². The van der Waals surface area contributed by atoms with Gasteiger partial charge in [-0.2, -0.15) is 0 Å². The first-order valence-electron chi connectivity index (χ1n) is 24.6. The lowest BCUT2D eigenvalue weighted by atomic mass is 9.98. The van der Waals surface area contributed by atoms with Crippen molar-refractivity contribution in [3.8, 4) is 0 Å². The number of likely N-dealkylation sites (tertiary alicyclic amines) is 4. The zero-order valence-corrected chi connectivity index (χ0v) is 41.9. The first-order valence-corrected chi connectivity index (χ1v) is 24.6. The second kappa shape index (κ2) is 32.3. The highest BCUT2D eigenvalue weighted by Gasteiger charge is 2.26. The fourth-order valence-electron chi connectivity index (χ4n) is 8.88. The summed E-state index contributed by atoms with van der Waals surface area (Å²) in [6.45, 7) is 50.1. The van der Waals surface area contributed by atoms with Crippen LogP contribution in [-0.2, 0) is 14.2 Å². The Morgan fingerprint density at radius 3 is 1.21 bits per heavy atom.